The van der Waals surface area contributed by atoms with Crippen molar-refractivity contribution in [2.75, 3.05) is 12.0 Å². The molecule has 21 heavy (non-hydrogen) atoms. The van der Waals surface area contributed by atoms with Gasteiger partial charge in [0, 0.05) is 0 Å². The van der Waals surface area contributed by atoms with Crippen molar-refractivity contribution < 1.29 is 19.4 Å². The molecule has 5 nitrogen and oxygen atoms in total. The molecule has 114 valence electrons. The number of nitrogens with two attached hydrogens (primary N) is 1. The average Bonchev–Trinajstić information content (AvgIpc) is 2.91. The highest BCUT2D eigenvalue weighted by Crippen LogP contribution is 2.27. The van der Waals surface area contributed by atoms with E-state index in [0.717, 1.165) is 24.8 Å². The van der Waals surface area contributed by atoms with E-state index in [2.05, 4.69) is 0 Å². The Morgan fingerprint density at radius 2 is 2.10 bits per heavy atom. The molecule has 0 spiro atoms. The van der Waals surface area contributed by atoms with Gasteiger partial charge in [-0.2, -0.15) is 11.8 Å². The molecule has 1 aliphatic carbocycles. The zero-order valence-electron chi connectivity index (χ0n) is 11.9. The molecule has 1 aliphatic rings. The molecule has 0 fully saturated rings. The molecule has 3 N–H and O–H groups in total. The number of aryl methyl sites for hydroxylation is 2. The fraction of sp³-hybridized carbons (Fsp3) is 0.467. The number of hydrogen-bond acceptors (Lipinski definition) is 5. The Labute approximate surface area is 127 Å². The van der Waals surface area contributed by atoms with Crippen LogP contribution < -0.4 is 10.5 Å². The van der Waals surface area contributed by atoms with E-state index < -0.39 is 17.5 Å². The molecule has 0 unspecified atom stereocenters. The van der Waals surface area contributed by atoms with Crippen LogP contribution in [0, 0.1) is 0 Å². The summed E-state index contributed by atoms with van der Waals surface area (Å²) in [6.07, 6.45) is 4.95. The SMILES string of the molecule is CSCC[C@@](N)(C(=O)O)C(=O)Oc1ccc2c(c1)CCC2. The number of benzene rings is 1. The molecule has 0 saturated carbocycles. The van der Waals surface area contributed by atoms with Crippen LogP contribution in [-0.4, -0.2) is 34.6 Å². The van der Waals surface area contributed by atoms with Gasteiger partial charge in [-0.25, -0.2) is 9.59 Å². The third kappa shape index (κ3) is 3.39. The zero-order chi connectivity index (χ0) is 15.5. The Hall–Kier alpha value is -1.53. The summed E-state index contributed by atoms with van der Waals surface area (Å²) in [5.74, 6) is -1.44. The molecular formula is C15H19NO4S. The summed E-state index contributed by atoms with van der Waals surface area (Å²) in [5.41, 5.74) is 6.16. The van der Waals surface area contributed by atoms with Gasteiger partial charge in [-0.15, -0.1) is 0 Å². The topological polar surface area (TPSA) is 89.6 Å². The Morgan fingerprint density at radius 1 is 1.38 bits per heavy atom. The molecule has 0 aliphatic heterocycles. The first-order valence-corrected chi connectivity index (χ1v) is 8.22. The largest absolute Gasteiger partial charge is 0.479 e. The lowest BCUT2D eigenvalue weighted by molar-refractivity contribution is -0.155. The summed E-state index contributed by atoms with van der Waals surface area (Å²) in [6, 6.07) is 5.42. The lowest BCUT2D eigenvalue weighted by Gasteiger charge is -2.22. The van der Waals surface area contributed by atoms with Crippen LogP contribution in [0.1, 0.15) is 24.0 Å². The first kappa shape index (κ1) is 15.9. The second-order valence-electron chi connectivity index (χ2n) is 5.19. The molecule has 0 heterocycles. The normalized spacial score (nSPS) is 16.1. The van der Waals surface area contributed by atoms with Crippen LogP contribution in [0.5, 0.6) is 5.75 Å². The summed E-state index contributed by atoms with van der Waals surface area (Å²) >= 11 is 1.43. The van der Waals surface area contributed by atoms with Crippen molar-refractivity contribution in [3.05, 3.63) is 29.3 Å². The van der Waals surface area contributed by atoms with Crippen LogP contribution in [0.25, 0.3) is 0 Å². The molecule has 0 radical (unpaired) electrons. The molecule has 2 rings (SSSR count). The van der Waals surface area contributed by atoms with Crippen molar-refractivity contribution in [1.82, 2.24) is 0 Å². The van der Waals surface area contributed by atoms with E-state index in [9.17, 15) is 14.7 Å². The van der Waals surface area contributed by atoms with Crippen molar-refractivity contribution in [1.29, 1.82) is 0 Å². The number of thioether (sulfide) groups is 1. The molecule has 1 atom stereocenters. The number of carboxylic acid groups (broad SMARTS) is 1. The summed E-state index contributed by atoms with van der Waals surface area (Å²) in [4.78, 5) is 23.5. The van der Waals surface area contributed by atoms with E-state index in [1.807, 2.05) is 12.3 Å². The second kappa shape index (κ2) is 6.49. The van der Waals surface area contributed by atoms with Gasteiger partial charge >= 0.3 is 11.9 Å². The number of rotatable bonds is 6. The van der Waals surface area contributed by atoms with Gasteiger partial charge in [-0.1, -0.05) is 6.07 Å². The Balaban J connectivity index is 2.13. The summed E-state index contributed by atoms with van der Waals surface area (Å²) in [6.45, 7) is 0. The fourth-order valence-corrected chi connectivity index (χ4v) is 2.90. The number of hydrogen-bond donors (Lipinski definition) is 2. The number of carbonyl (C=O) groups is 2. The Kier molecular flexibility index (Phi) is 4.90. The average molecular weight is 309 g/mol. The first-order valence-electron chi connectivity index (χ1n) is 6.82. The molecule has 1 aromatic carbocycles. The van der Waals surface area contributed by atoms with Crippen molar-refractivity contribution in [3.63, 3.8) is 0 Å². The highest BCUT2D eigenvalue weighted by Gasteiger charge is 2.43. The van der Waals surface area contributed by atoms with E-state index in [0.29, 0.717) is 11.5 Å². The van der Waals surface area contributed by atoms with Gasteiger partial charge in [-0.05, 0) is 61.0 Å². The van der Waals surface area contributed by atoms with Gasteiger partial charge in [0.25, 0.3) is 0 Å². The first-order chi connectivity index (χ1) is 9.97. The highest BCUT2D eigenvalue weighted by atomic mass is 32.2. The molecule has 1 aromatic rings. The van der Waals surface area contributed by atoms with Crippen LogP contribution in [0.3, 0.4) is 0 Å². The molecule has 0 bridgehead atoms. The third-order valence-corrected chi connectivity index (χ3v) is 4.34. The quantitative estimate of drug-likeness (QED) is 0.471. The predicted octanol–water partition coefficient (Wildman–Crippen LogP) is 1.62. The Bertz CT molecular complexity index is 561. The van der Waals surface area contributed by atoms with Gasteiger partial charge in [-0.3, -0.25) is 0 Å². The van der Waals surface area contributed by atoms with Gasteiger partial charge in [0.05, 0.1) is 0 Å². The number of esters is 1. The number of carbonyl (C=O) groups excluding carboxylic acids is 1. The van der Waals surface area contributed by atoms with Crippen molar-refractivity contribution in [2.45, 2.75) is 31.2 Å². The van der Waals surface area contributed by atoms with E-state index in [1.165, 1.54) is 17.3 Å². The Morgan fingerprint density at radius 3 is 2.76 bits per heavy atom. The summed E-state index contributed by atoms with van der Waals surface area (Å²) < 4.78 is 5.21. The number of ether oxygens (including phenoxy) is 1. The van der Waals surface area contributed by atoms with Gasteiger partial charge < -0.3 is 15.6 Å². The van der Waals surface area contributed by atoms with Crippen molar-refractivity contribution in [3.8, 4) is 5.75 Å². The van der Waals surface area contributed by atoms with Crippen LogP contribution >= 0.6 is 11.8 Å². The van der Waals surface area contributed by atoms with Crippen molar-refractivity contribution in [2.24, 2.45) is 5.73 Å². The smallest absolute Gasteiger partial charge is 0.343 e. The van der Waals surface area contributed by atoms with Crippen LogP contribution in [0.4, 0.5) is 0 Å². The summed E-state index contributed by atoms with van der Waals surface area (Å²) in [5, 5.41) is 9.23. The third-order valence-electron chi connectivity index (χ3n) is 3.73. The minimum Gasteiger partial charge on any atom is -0.479 e. The molecule has 6 heteroatoms. The maximum Gasteiger partial charge on any atom is 0.343 e. The minimum atomic E-state index is -2.00. The predicted molar refractivity (Wildman–Crippen MR) is 81.7 cm³/mol. The van der Waals surface area contributed by atoms with E-state index in [4.69, 9.17) is 10.5 Å². The van der Waals surface area contributed by atoms with Crippen LogP contribution in [0.2, 0.25) is 0 Å². The van der Waals surface area contributed by atoms with Gasteiger partial charge in [0.1, 0.15) is 5.75 Å². The molecular weight excluding hydrogens is 290 g/mol. The van der Waals surface area contributed by atoms with Crippen molar-refractivity contribution >= 4 is 23.7 Å². The fourth-order valence-electron chi connectivity index (χ4n) is 2.37. The monoisotopic (exact) mass is 309 g/mol. The van der Waals surface area contributed by atoms with E-state index >= 15 is 0 Å². The number of carboxylic acids is 1. The van der Waals surface area contributed by atoms with E-state index in [1.54, 1.807) is 12.1 Å². The standard InChI is InChI=1S/C15H19NO4S/c1-21-8-7-15(16,13(17)18)14(19)20-12-6-5-10-3-2-4-11(10)9-12/h5-6,9H,2-4,7-8,16H2,1H3,(H,17,18)/t15-/m1/s1. The molecule has 0 amide bonds. The maximum atomic E-state index is 12.1. The highest BCUT2D eigenvalue weighted by molar-refractivity contribution is 7.98. The van der Waals surface area contributed by atoms with Gasteiger partial charge in [0.15, 0.2) is 0 Å². The number of aliphatic carboxylic acids is 1. The molecule has 0 saturated heterocycles. The van der Waals surface area contributed by atoms with Crippen LogP contribution in [-0.2, 0) is 22.4 Å². The maximum absolute atomic E-state index is 12.1. The zero-order valence-corrected chi connectivity index (χ0v) is 12.7. The summed E-state index contributed by atoms with van der Waals surface area (Å²) in [7, 11) is 0. The number of fused-ring (bicyclic) bond motifs is 1. The van der Waals surface area contributed by atoms with Gasteiger partial charge in [0.2, 0.25) is 5.54 Å². The minimum absolute atomic E-state index is 0.0350. The lowest BCUT2D eigenvalue weighted by atomic mass is 9.98. The van der Waals surface area contributed by atoms with Crippen LogP contribution in [0.15, 0.2) is 18.2 Å². The lowest BCUT2D eigenvalue weighted by Crippen LogP contribution is -2.57. The van der Waals surface area contributed by atoms with E-state index in [-0.39, 0.29) is 6.42 Å². The second-order valence-corrected chi connectivity index (χ2v) is 6.18. The molecule has 0 aromatic heterocycles.